The number of carbonyl (C=O) groups is 1. The molecular formula is C8H6ClFINO2. The number of anilines is 1. The van der Waals surface area contributed by atoms with Gasteiger partial charge in [-0.05, 0) is 34.7 Å². The SMILES string of the molecule is COC(=O)Nc1ccc(Cl)c(F)c1I. The van der Waals surface area contributed by atoms with E-state index in [-0.39, 0.29) is 8.59 Å². The maximum absolute atomic E-state index is 13.2. The molecule has 1 aromatic rings. The Morgan fingerprint density at radius 1 is 1.64 bits per heavy atom. The lowest BCUT2D eigenvalue weighted by Gasteiger charge is -2.07. The average molecular weight is 329 g/mol. The average Bonchev–Trinajstić information content (AvgIpc) is 2.19. The van der Waals surface area contributed by atoms with Crippen molar-refractivity contribution in [2.45, 2.75) is 0 Å². The predicted molar refractivity (Wildman–Crippen MR) is 60.2 cm³/mol. The van der Waals surface area contributed by atoms with Crippen molar-refractivity contribution < 1.29 is 13.9 Å². The fourth-order valence-corrected chi connectivity index (χ4v) is 1.71. The van der Waals surface area contributed by atoms with Crippen LogP contribution in [0.3, 0.4) is 0 Å². The molecule has 0 atom stereocenters. The molecular weight excluding hydrogens is 323 g/mol. The van der Waals surface area contributed by atoms with E-state index in [1.165, 1.54) is 19.2 Å². The van der Waals surface area contributed by atoms with Crippen LogP contribution in [0.4, 0.5) is 14.9 Å². The number of halogens is 3. The Bertz CT molecular complexity index is 373. The lowest BCUT2D eigenvalue weighted by atomic mass is 10.3. The molecule has 0 heterocycles. The van der Waals surface area contributed by atoms with Crippen molar-refractivity contribution in [2.24, 2.45) is 0 Å². The molecule has 0 aromatic heterocycles. The van der Waals surface area contributed by atoms with Gasteiger partial charge < -0.3 is 4.74 Å². The highest BCUT2D eigenvalue weighted by molar-refractivity contribution is 14.1. The smallest absolute Gasteiger partial charge is 0.411 e. The first-order valence-corrected chi connectivity index (χ1v) is 5.00. The molecule has 3 nitrogen and oxygen atoms in total. The largest absolute Gasteiger partial charge is 0.453 e. The highest BCUT2D eigenvalue weighted by atomic mass is 127. The van der Waals surface area contributed by atoms with Gasteiger partial charge in [-0.25, -0.2) is 9.18 Å². The molecule has 0 spiro atoms. The van der Waals surface area contributed by atoms with Gasteiger partial charge in [0.15, 0.2) is 5.82 Å². The third-order valence-corrected chi connectivity index (χ3v) is 2.80. The molecule has 0 bridgehead atoms. The molecule has 1 rings (SSSR count). The fraction of sp³-hybridized carbons (Fsp3) is 0.125. The zero-order valence-electron chi connectivity index (χ0n) is 7.11. The van der Waals surface area contributed by atoms with Crippen LogP contribution in [0, 0.1) is 9.39 Å². The van der Waals surface area contributed by atoms with Crippen LogP contribution >= 0.6 is 34.2 Å². The molecule has 0 aliphatic heterocycles. The molecule has 0 unspecified atom stereocenters. The Labute approximate surface area is 98.7 Å². The number of rotatable bonds is 1. The van der Waals surface area contributed by atoms with Gasteiger partial charge in [-0.2, -0.15) is 0 Å². The molecule has 0 saturated carbocycles. The Hall–Kier alpha value is -0.560. The van der Waals surface area contributed by atoms with Crippen LogP contribution in [-0.4, -0.2) is 13.2 Å². The number of ether oxygens (including phenoxy) is 1. The van der Waals surface area contributed by atoms with Crippen LogP contribution in [0.15, 0.2) is 12.1 Å². The number of nitrogens with one attached hydrogen (secondary N) is 1. The van der Waals surface area contributed by atoms with Gasteiger partial charge in [0.2, 0.25) is 0 Å². The zero-order chi connectivity index (χ0) is 10.7. The number of methoxy groups -OCH3 is 1. The third kappa shape index (κ3) is 2.48. The predicted octanol–water partition coefficient (Wildman–Crippen LogP) is 3.26. The van der Waals surface area contributed by atoms with Gasteiger partial charge in [0.1, 0.15) is 0 Å². The molecule has 0 aliphatic carbocycles. The number of hydrogen-bond donors (Lipinski definition) is 1. The van der Waals surface area contributed by atoms with Crippen LogP contribution < -0.4 is 5.32 Å². The maximum atomic E-state index is 13.2. The first kappa shape index (κ1) is 11.5. The van der Waals surface area contributed by atoms with E-state index in [2.05, 4.69) is 10.1 Å². The summed E-state index contributed by atoms with van der Waals surface area (Å²) in [6.45, 7) is 0. The van der Waals surface area contributed by atoms with Gasteiger partial charge in [0.05, 0.1) is 21.4 Å². The van der Waals surface area contributed by atoms with Crippen molar-refractivity contribution in [1.29, 1.82) is 0 Å². The van der Waals surface area contributed by atoms with Crippen molar-refractivity contribution in [3.8, 4) is 0 Å². The van der Waals surface area contributed by atoms with Crippen molar-refractivity contribution >= 4 is 46.0 Å². The summed E-state index contributed by atoms with van der Waals surface area (Å²) in [5, 5.41) is 2.38. The maximum Gasteiger partial charge on any atom is 0.411 e. The quantitative estimate of drug-likeness (QED) is 0.634. The molecule has 1 amide bonds. The van der Waals surface area contributed by atoms with E-state index in [1.807, 2.05) is 0 Å². The van der Waals surface area contributed by atoms with Gasteiger partial charge >= 0.3 is 6.09 Å². The van der Waals surface area contributed by atoms with Gasteiger partial charge in [-0.3, -0.25) is 5.32 Å². The summed E-state index contributed by atoms with van der Waals surface area (Å²) in [6, 6.07) is 2.87. The van der Waals surface area contributed by atoms with E-state index in [1.54, 1.807) is 22.6 Å². The van der Waals surface area contributed by atoms with Gasteiger partial charge in [-0.15, -0.1) is 0 Å². The molecule has 0 fully saturated rings. The van der Waals surface area contributed by atoms with Crippen molar-refractivity contribution in [3.63, 3.8) is 0 Å². The van der Waals surface area contributed by atoms with Crippen LogP contribution in [-0.2, 0) is 4.74 Å². The lowest BCUT2D eigenvalue weighted by Crippen LogP contribution is -2.12. The van der Waals surface area contributed by atoms with Crippen LogP contribution in [0.1, 0.15) is 0 Å². The summed E-state index contributed by atoms with van der Waals surface area (Å²) in [6.07, 6.45) is -0.648. The van der Waals surface area contributed by atoms with E-state index < -0.39 is 11.9 Å². The molecule has 1 aromatic carbocycles. The second-order valence-electron chi connectivity index (χ2n) is 2.34. The van der Waals surface area contributed by atoms with E-state index in [0.717, 1.165) is 0 Å². The summed E-state index contributed by atoms with van der Waals surface area (Å²) in [4.78, 5) is 10.8. The molecule has 0 aliphatic rings. The van der Waals surface area contributed by atoms with E-state index in [0.29, 0.717) is 5.69 Å². The summed E-state index contributed by atoms with van der Waals surface area (Å²) < 4.78 is 17.8. The topological polar surface area (TPSA) is 38.3 Å². The summed E-state index contributed by atoms with van der Waals surface area (Å²) >= 11 is 7.28. The molecule has 14 heavy (non-hydrogen) atoms. The monoisotopic (exact) mass is 329 g/mol. The van der Waals surface area contributed by atoms with E-state index >= 15 is 0 Å². The lowest BCUT2D eigenvalue weighted by molar-refractivity contribution is 0.187. The Morgan fingerprint density at radius 2 is 2.29 bits per heavy atom. The van der Waals surface area contributed by atoms with E-state index in [4.69, 9.17) is 11.6 Å². The zero-order valence-corrected chi connectivity index (χ0v) is 10.0. The first-order valence-electron chi connectivity index (χ1n) is 3.54. The minimum atomic E-state index is -0.648. The molecule has 1 N–H and O–H groups in total. The Kier molecular flexibility index (Phi) is 3.94. The highest BCUT2D eigenvalue weighted by Crippen LogP contribution is 2.26. The normalized spacial score (nSPS) is 9.71. The molecule has 0 radical (unpaired) electrons. The second-order valence-corrected chi connectivity index (χ2v) is 3.83. The number of hydrogen-bond acceptors (Lipinski definition) is 2. The van der Waals surface area contributed by atoms with Gasteiger partial charge in [-0.1, -0.05) is 11.6 Å². The third-order valence-electron chi connectivity index (χ3n) is 1.46. The van der Waals surface area contributed by atoms with Crippen LogP contribution in [0.2, 0.25) is 5.02 Å². The Balaban J connectivity index is 3.00. The molecule has 76 valence electrons. The highest BCUT2D eigenvalue weighted by Gasteiger charge is 2.11. The summed E-state index contributed by atoms with van der Waals surface area (Å²) in [7, 11) is 1.23. The number of benzene rings is 1. The second kappa shape index (κ2) is 4.79. The Morgan fingerprint density at radius 3 is 2.86 bits per heavy atom. The molecule has 0 saturated heterocycles. The fourth-order valence-electron chi connectivity index (χ4n) is 0.783. The standard InChI is InChI=1S/C8H6ClFINO2/c1-14-8(13)12-5-3-2-4(9)6(10)7(5)11/h2-3H,1H3,(H,12,13). The number of carbonyl (C=O) groups excluding carboxylic acids is 1. The summed E-state index contributed by atoms with van der Waals surface area (Å²) in [5.74, 6) is -0.554. The van der Waals surface area contributed by atoms with Gasteiger partial charge in [0.25, 0.3) is 0 Å². The van der Waals surface area contributed by atoms with Crippen molar-refractivity contribution in [2.75, 3.05) is 12.4 Å². The summed E-state index contributed by atoms with van der Waals surface area (Å²) in [5.41, 5.74) is 0.333. The minimum absolute atomic E-state index is 0.0183. The molecule has 6 heteroatoms. The first-order chi connectivity index (χ1) is 6.56. The van der Waals surface area contributed by atoms with Crippen molar-refractivity contribution in [3.05, 3.63) is 26.5 Å². The van der Waals surface area contributed by atoms with Crippen LogP contribution in [0.25, 0.3) is 0 Å². The van der Waals surface area contributed by atoms with E-state index in [9.17, 15) is 9.18 Å². The van der Waals surface area contributed by atoms with Crippen molar-refractivity contribution in [1.82, 2.24) is 0 Å². The van der Waals surface area contributed by atoms with Crippen LogP contribution in [0.5, 0.6) is 0 Å². The minimum Gasteiger partial charge on any atom is -0.453 e. The number of amides is 1. The van der Waals surface area contributed by atoms with Gasteiger partial charge in [0, 0.05) is 0 Å².